The number of rotatable bonds is 4. The normalized spacial score (nSPS) is 34.9. The van der Waals surface area contributed by atoms with E-state index in [1.165, 1.54) is 12.2 Å². The van der Waals surface area contributed by atoms with E-state index in [0.29, 0.717) is 0 Å². The number of aldehydes is 2. The minimum Gasteiger partial charge on any atom is -0.302 e. The summed E-state index contributed by atoms with van der Waals surface area (Å²) in [5, 5.41) is 0. The van der Waals surface area contributed by atoms with Gasteiger partial charge in [0.25, 0.3) is 0 Å². The molecule has 0 aliphatic heterocycles. The van der Waals surface area contributed by atoms with E-state index in [0.717, 1.165) is 12.6 Å². The van der Waals surface area contributed by atoms with Crippen molar-refractivity contribution in [2.75, 3.05) is 0 Å². The zero-order chi connectivity index (χ0) is 10.7. The van der Waals surface area contributed by atoms with Crippen LogP contribution in [0.25, 0.3) is 0 Å². The summed E-state index contributed by atoms with van der Waals surface area (Å²) < 4.78 is 0. The van der Waals surface area contributed by atoms with Gasteiger partial charge in [-0.15, -0.1) is 13.2 Å². The lowest BCUT2D eigenvalue weighted by molar-refractivity contribution is -0.112. The molecule has 0 radical (unpaired) electrons. The predicted octanol–water partition coefficient (Wildman–Crippen LogP) is 1.85. The lowest BCUT2D eigenvalue weighted by Crippen LogP contribution is -2.23. The molecule has 0 amide bonds. The second-order valence-corrected chi connectivity index (χ2v) is 3.31. The Bertz CT molecular complexity index is 268. The fourth-order valence-electron chi connectivity index (χ4n) is 1.21. The van der Waals surface area contributed by atoms with Gasteiger partial charge in [0.05, 0.1) is 10.8 Å². The molecule has 0 aromatic rings. The Hall–Kier alpha value is -1.70. The summed E-state index contributed by atoms with van der Waals surface area (Å²) in [4.78, 5) is 21.6. The summed E-state index contributed by atoms with van der Waals surface area (Å²) >= 11 is 0. The zero-order valence-corrected chi connectivity index (χ0v) is 7.85. The second kappa shape index (κ2) is 3.58. The van der Waals surface area contributed by atoms with Crippen molar-refractivity contribution in [2.45, 2.75) is 0 Å². The summed E-state index contributed by atoms with van der Waals surface area (Å²) in [6, 6.07) is 0. The quantitative estimate of drug-likeness (QED) is 0.498. The Morgan fingerprint density at radius 2 is 1.07 bits per heavy atom. The van der Waals surface area contributed by atoms with Gasteiger partial charge in [-0.25, -0.2) is 0 Å². The first-order valence-electron chi connectivity index (χ1n) is 4.26. The molecule has 0 atom stereocenters. The van der Waals surface area contributed by atoms with Gasteiger partial charge in [0.15, 0.2) is 0 Å². The van der Waals surface area contributed by atoms with Crippen molar-refractivity contribution in [1.29, 1.82) is 0 Å². The Labute approximate surface area is 83.3 Å². The maximum atomic E-state index is 10.8. The molecule has 1 aliphatic rings. The van der Waals surface area contributed by atoms with Crippen molar-refractivity contribution in [3.05, 3.63) is 49.6 Å². The maximum Gasteiger partial charge on any atom is 0.137 e. The summed E-state index contributed by atoms with van der Waals surface area (Å²) in [5.41, 5.74) is -1.54. The topological polar surface area (TPSA) is 34.1 Å². The standard InChI is InChI=1S/C12H12O2/c1-3-11(9-13)5-7-12(4-2,10-14)8-6-11/h3-10H,1-2H2. The molecular weight excluding hydrogens is 176 g/mol. The molecular formula is C12H12O2. The van der Waals surface area contributed by atoms with Gasteiger partial charge in [-0.3, -0.25) is 0 Å². The summed E-state index contributed by atoms with van der Waals surface area (Å²) in [5.74, 6) is 0. The molecule has 1 rings (SSSR count). The molecule has 72 valence electrons. The highest BCUT2D eigenvalue weighted by Gasteiger charge is 2.29. The number of carbonyl (C=O) groups excluding carboxylic acids is 2. The van der Waals surface area contributed by atoms with Crippen molar-refractivity contribution in [2.24, 2.45) is 10.8 Å². The lowest BCUT2D eigenvalue weighted by atomic mass is 9.76. The fraction of sp³-hybridized carbons (Fsp3) is 0.167. The molecule has 2 nitrogen and oxygen atoms in total. The number of hydrogen-bond donors (Lipinski definition) is 0. The third-order valence-corrected chi connectivity index (χ3v) is 2.44. The van der Waals surface area contributed by atoms with E-state index in [4.69, 9.17) is 0 Å². The van der Waals surface area contributed by atoms with Crippen LogP contribution in [0.3, 0.4) is 0 Å². The van der Waals surface area contributed by atoms with Crippen LogP contribution < -0.4 is 0 Å². The molecule has 0 aromatic carbocycles. The van der Waals surface area contributed by atoms with E-state index in [9.17, 15) is 9.59 Å². The van der Waals surface area contributed by atoms with Crippen LogP contribution in [0.1, 0.15) is 0 Å². The molecule has 14 heavy (non-hydrogen) atoms. The Balaban J connectivity index is 3.09. The first-order chi connectivity index (χ1) is 6.66. The Morgan fingerprint density at radius 1 is 0.786 bits per heavy atom. The highest BCUT2D eigenvalue weighted by atomic mass is 16.1. The van der Waals surface area contributed by atoms with E-state index in [-0.39, 0.29) is 0 Å². The molecule has 0 N–H and O–H groups in total. The van der Waals surface area contributed by atoms with Crippen molar-refractivity contribution in [1.82, 2.24) is 0 Å². The molecule has 0 aromatic heterocycles. The van der Waals surface area contributed by atoms with Crippen LogP contribution >= 0.6 is 0 Å². The Kier molecular flexibility index (Phi) is 2.65. The van der Waals surface area contributed by atoms with Crippen LogP contribution in [-0.4, -0.2) is 12.6 Å². The van der Waals surface area contributed by atoms with Crippen LogP contribution in [0.5, 0.6) is 0 Å². The predicted molar refractivity (Wildman–Crippen MR) is 55.7 cm³/mol. The number of hydrogen-bond acceptors (Lipinski definition) is 2. The maximum absolute atomic E-state index is 10.8. The highest BCUT2D eigenvalue weighted by Crippen LogP contribution is 2.32. The molecule has 0 unspecified atom stereocenters. The average Bonchev–Trinajstić information content (AvgIpc) is 2.29. The summed E-state index contributed by atoms with van der Waals surface area (Å²) in [6.45, 7) is 7.16. The second-order valence-electron chi connectivity index (χ2n) is 3.31. The summed E-state index contributed by atoms with van der Waals surface area (Å²) in [6.07, 6.45) is 11.3. The molecule has 0 bridgehead atoms. The van der Waals surface area contributed by atoms with Crippen molar-refractivity contribution >= 4 is 12.6 Å². The average molecular weight is 188 g/mol. The van der Waals surface area contributed by atoms with Crippen LogP contribution in [-0.2, 0) is 9.59 Å². The van der Waals surface area contributed by atoms with Crippen LogP contribution in [0.2, 0.25) is 0 Å². The van der Waals surface area contributed by atoms with Gasteiger partial charge >= 0.3 is 0 Å². The summed E-state index contributed by atoms with van der Waals surface area (Å²) in [7, 11) is 0. The molecule has 0 spiro atoms. The van der Waals surface area contributed by atoms with Crippen LogP contribution in [0, 0.1) is 10.8 Å². The van der Waals surface area contributed by atoms with Crippen molar-refractivity contribution in [3.8, 4) is 0 Å². The van der Waals surface area contributed by atoms with Gasteiger partial charge in [-0.1, -0.05) is 36.5 Å². The van der Waals surface area contributed by atoms with Crippen molar-refractivity contribution < 1.29 is 9.59 Å². The van der Waals surface area contributed by atoms with Crippen LogP contribution in [0.15, 0.2) is 49.6 Å². The number of carbonyl (C=O) groups is 2. The van der Waals surface area contributed by atoms with Crippen molar-refractivity contribution in [3.63, 3.8) is 0 Å². The van der Waals surface area contributed by atoms with E-state index in [1.807, 2.05) is 0 Å². The first kappa shape index (κ1) is 10.4. The fourth-order valence-corrected chi connectivity index (χ4v) is 1.21. The number of allylic oxidation sites excluding steroid dienone is 6. The first-order valence-corrected chi connectivity index (χ1v) is 4.26. The van der Waals surface area contributed by atoms with Gasteiger partial charge in [0, 0.05) is 0 Å². The van der Waals surface area contributed by atoms with E-state index >= 15 is 0 Å². The SMILES string of the molecule is C=CC1(C=O)C=CC(C=C)(C=O)C=C1. The third-order valence-electron chi connectivity index (χ3n) is 2.44. The molecule has 0 saturated heterocycles. The minimum absolute atomic E-state index is 0.768. The minimum atomic E-state index is -0.768. The lowest BCUT2D eigenvalue weighted by Gasteiger charge is -2.25. The van der Waals surface area contributed by atoms with Gasteiger partial charge in [0.1, 0.15) is 12.6 Å². The van der Waals surface area contributed by atoms with E-state index < -0.39 is 10.8 Å². The molecule has 2 heteroatoms. The monoisotopic (exact) mass is 188 g/mol. The highest BCUT2D eigenvalue weighted by molar-refractivity contribution is 5.76. The van der Waals surface area contributed by atoms with E-state index in [1.54, 1.807) is 24.3 Å². The van der Waals surface area contributed by atoms with Gasteiger partial charge in [0.2, 0.25) is 0 Å². The van der Waals surface area contributed by atoms with E-state index in [2.05, 4.69) is 13.2 Å². The molecule has 0 saturated carbocycles. The third kappa shape index (κ3) is 1.51. The van der Waals surface area contributed by atoms with Crippen LogP contribution in [0.4, 0.5) is 0 Å². The zero-order valence-electron chi connectivity index (χ0n) is 7.85. The van der Waals surface area contributed by atoms with Gasteiger partial charge in [-0.05, 0) is 0 Å². The molecule has 0 fully saturated rings. The largest absolute Gasteiger partial charge is 0.302 e. The smallest absolute Gasteiger partial charge is 0.137 e. The molecule has 0 heterocycles. The Morgan fingerprint density at radius 3 is 1.21 bits per heavy atom. The van der Waals surface area contributed by atoms with Gasteiger partial charge in [-0.2, -0.15) is 0 Å². The van der Waals surface area contributed by atoms with Gasteiger partial charge < -0.3 is 9.59 Å². The molecule has 1 aliphatic carbocycles.